The fraction of sp³-hybridized carbons (Fsp3) is 0.438. The van der Waals surface area contributed by atoms with Crippen molar-refractivity contribution in [2.75, 3.05) is 17.2 Å². The van der Waals surface area contributed by atoms with Gasteiger partial charge in [0.2, 0.25) is 0 Å². The van der Waals surface area contributed by atoms with Gasteiger partial charge in [-0.2, -0.15) is 0 Å². The van der Waals surface area contributed by atoms with Gasteiger partial charge in [0.05, 0.1) is 23.1 Å². The van der Waals surface area contributed by atoms with E-state index in [9.17, 15) is 0 Å². The van der Waals surface area contributed by atoms with Crippen molar-refractivity contribution in [1.82, 2.24) is 4.98 Å². The Kier molecular flexibility index (Phi) is 3.28. The Morgan fingerprint density at radius 2 is 2.00 bits per heavy atom. The lowest BCUT2D eigenvalue weighted by atomic mass is 10.1. The monoisotopic (exact) mass is 255 g/mol. The maximum absolute atomic E-state index is 6.23. The van der Waals surface area contributed by atoms with E-state index < -0.39 is 0 Å². The fourth-order valence-corrected chi connectivity index (χ4v) is 3.28. The van der Waals surface area contributed by atoms with Crippen molar-refractivity contribution in [1.29, 1.82) is 0 Å². The molecule has 1 aromatic carbocycles. The highest BCUT2D eigenvalue weighted by atomic mass is 15.2. The number of hydrogen-bond donors (Lipinski definition) is 1. The summed E-state index contributed by atoms with van der Waals surface area (Å²) in [5.41, 5.74) is 9.24. The lowest BCUT2D eigenvalue weighted by Crippen LogP contribution is -2.33. The first-order valence-electron chi connectivity index (χ1n) is 7.21. The predicted molar refractivity (Wildman–Crippen MR) is 81.4 cm³/mol. The zero-order valence-electron chi connectivity index (χ0n) is 11.5. The Hall–Kier alpha value is -1.77. The molecule has 3 rings (SSSR count). The van der Waals surface area contributed by atoms with Crippen LogP contribution in [0.3, 0.4) is 0 Å². The molecule has 0 amide bonds. The molecule has 3 nitrogen and oxygen atoms in total. The fourth-order valence-electron chi connectivity index (χ4n) is 3.28. The van der Waals surface area contributed by atoms with Crippen LogP contribution in [-0.2, 0) is 0 Å². The highest BCUT2D eigenvalue weighted by Crippen LogP contribution is 2.36. The molecule has 0 unspecified atom stereocenters. The van der Waals surface area contributed by atoms with E-state index in [-0.39, 0.29) is 0 Å². The maximum atomic E-state index is 6.23. The van der Waals surface area contributed by atoms with Gasteiger partial charge in [-0.25, -0.2) is 0 Å². The molecule has 0 radical (unpaired) electrons. The summed E-state index contributed by atoms with van der Waals surface area (Å²) in [6.45, 7) is 3.22. The Labute approximate surface area is 114 Å². The second kappa shape index (κ2) is 5.08. The molecule has 1 aromatic heterocycles. The minimum Gasteiger partial charge on any atom is -0.396 e. The largest absolute Gasteiger partial charge is 0.396 e. The molecule has 100 valence electrons. The first kappa shape index (κ1) is 12.3. The summed E-state index contributed by atoms with van der Waals surface area (Å²) in [4.78, 5) is 6.91. The number of nitrogens with zero attached hydrogens (tertiary/aromatic N) is 2. The van der Waals surface area contributed by atoms with E-state index in [1.54, 1.807) is 6.20 Å². The Bertz CT molecular complexity index is 573. The van der Waals surface area contributed by atoms with Crippen molar-refractivity contribution in [2.24, 2.45) is 0 Å². The Morgan fingerprint density at radius 3 is 2.74 bits per heavy atom. The summed E-state index contributed by atoms with van der Waals surface area (Å²) in [7, 11) is 0. The molecule has 19 heavy (non-hydrogen) atoms. The third-order valence-corrected chi connectivity index (χ3v) is 4.17. The zero-order valence-corrected chi connectivity index (χ0v) is 11.5. The van der Waals surface area contributed by atoms with Crippen LogP contribution in [0.2, 0.25) is 0 Å². The number of para-hydroxylation sites is 1. The lowest BCUT2D eigenvalue weighted by molar-refractivity contribution is 0.622. The van der Waals surface area contributed by atoms with Crippen LogP contribution in [0.4, 0.5) is 11.4 Å². The summed E-state index contributed by atoms with van der Waals surface area (Å²) in [6, 6.07) is 8.92. The summed E-state index contributed by atoms with van der Waals surface area (Å²) in [5, 5.41) is 1.18. The number of nitrogens with two attached hydrogens (primary N) is 1. The molecule has 0 bridgehead atoms. The van der Waals surface area contributed by atoms with E-state index in [1.165, 1.54) is 36.8 Å². The van der Waals surface area contributed by atoms with Gasteiger partial charge in [-0.15, -0.1) is 0 Å². The highest BCUT2D eigenvalue weighted by molar-refractivity contribution is 5.97. The number of pyridine rings is 1. The van der Waals surface area contributed by atoms with Crippen molar-refractivity contribution in [3.63, 3.8) is 0 Å². The lowest BCUT2D eigenvalue weighted by Gasteiger charge is -2.31. The van der Waals surface area contributed by atoms with E-state index in [2.05, 4.69) is 35.0 Å². The molecule has 1 heterocycles. The quantitative estimate of drug-likeness (QED) is 0.911. The van der Waals surface area contributed by atoms with Gasteiger partial charge in [-0.3, -0.25) is 4.98 Å². The highest BCUT2D eigenvalue weighted by Gasteiger charge is 2.24. The van der Waals surface area contributed by atoms with Gasteiger partial charge in [0.1, 0.15) is 0 Å². The molecular formula is C16H21N3. The molecule has 0 aliphatic heterocycles. The number of aromatic nitrogens is 1. The standard InChI is InChI=1S/C16H21N3/c1-2-19(12-7-3-4-8-12)16-13-9-5-6-10-15(13)18-11-14(16)17/h5-6,9-12H,2-4,7-8,17H2,1H3. The summed E-state index contributed by atoms with van der Waals surface area (Å²) < 4.78 is 0. The number of anilines is 2. The van der Waals surface area contributed by atoms with Crippen LogP contribution in [0.1, 0.15) is 32.6 Å². The van der Waals surface area contributed by atoms with Crippen LogP contribution < -0.4 is 10.6 Å². The summed E-state index contributed by atoms with van der Waals surface area (Å²) in [6.07, 6.45) is 7.04. The number of nitrogen functional groups attached to an aromatic ring is 1. The van der Waals surface area contributed by atoms with Gasteiger partial charge in [0.25, 0.3) is 0 Å². The second-order valence-electron chi connectivity index (χ2n) is 5.30. The second-order valence-corrected chi connectivity index (χ2v) is 5.30. The summed E-state index contributed by atoms with van der Waals surface area (Å²) in [5.74, 6) is 0. The number of hydrogen-bond acceptors (Lipinski definition) is 3. The molecule has 2 aromatic rings. The first-order chi connectivity index (χ1) is 9.31. The average molecular weight is 255 g/mol. The molecule has 1 saturated carbocycles. The van der Waals surface area contributed by atoms with Crippen LogP contribution in [0, 0.1) is 0 Å². The smallest absolute Gasteiger partial charge is 0.0745 e. The SMILES string of the molecule is CCN(c1c(N)cnc2ccccc12)C1CCCC1. The first-order valence-corrected chi connectivity index (χ1v) is 7.21. The van der Waals surface area contributed by atoms with Gasteiger partial charge in [-0.1, -0.05) is 31.0 Å². The molecule has 2 N–H and O–H groups in total. The van der Waals surface area contributed by atoms with Crippen LogP contribution in [0.5, 0.6) is 0 Å². The van der Waals surface area contributed by atoms with Crippen LogP contribution >= 0.6 is 0 Å². The third-order valence-electron chi connectivity index (χ3n) is 4.17. The normalized spacial score (nSPS) is 16.1. The molecule has 1 aliphatic rings. The molecule has 1 fully saturated rings. The van der Waals surface area contributed by atoms with Crippen LogP contribution in [0.25, 0.3) is 10.9 Å². The molecule has 0 spiro atoms. The Balaban J connectivity index is 2.13. The molecule has 0 saturated heterocycles. The molecule has 3 heteroatoms. The van der Waals surface area contributed by atoms with Gasteiger partial charge in [-0.05, 0) is 25.8 Å². The number of fused-ring (bicyclic) bond motifs is 1. The molecular weight excluding hydrogens is 234 g/mol. The van der Waals surface area contributed by atoms with E-state index in [0.717, 1.165) is 17.7 Å². The van der Waals surface area contributed by atoms with Gasteiger partial charge in [0, 0.05) is 18.0 Å². The topological polar surface area (TPSA) is 42.1 Å². The van der Waals surface area contributed by atoms with E-state index in [4.69, 9.17) is 5.73 Å². The minimum absolute atomic E-state index is 0.637. The van der Waals surface area contributed by atoms with Crippen molar-refractivity contribution < 1.29 is 0 Å². The van der Waals surface area contributed by atoms with Gasteiger partial charge >= 0.3 is 0 Å². The predicted octanol–water partition coefficient (Wildman–Crippen LogP) is 3.59. The van der Waals surface area contributed by atoms with Crippen molar-refractivity contribution >= 4 is 22.3 Å². The maximum Gasteiger partial charge on any atom is 0.0745 e. The van der Waals surface area contributed by atoms with E-state index in [0.29, 0.717) is 6.04 Å². The van der Waals surface area contributed by atoms with E-state index >= 15 is 0 Å². The Morgan fingerprint density at radius 1 is 1.26 bits per heavy atom. The van der Waals surface area contributed by atoms with E-state index in [1.807, 2.05) is 6.07 Å². The van der Waals surface area contributed by atoms with Crippen molar-refractivity contribution in [2.45, 2.75) is 38.6 Å². The number of benzene rings is 1. The molecule has 1 aliphatic carbocycles. The minimum atomic E-state index is 0.637. The van der Waals surface area contributed by atoms with Crippen LogP contribution in [0.15, 0.2) is 30.5 Å². The van der Waals surface area contributed by atoms with Gasteiger partial charge in [0.15, 0.2) is 0 Å². The summed E-state index contributed by atoms with van der Waals surface area (Å²) >= 11 is 0. The average Bonchev–Trinajstić information content (AvgIpc) is 2.96. The molecule has 0 atom stereocenters. The van der Waals surface area contributed by atoms with Crippen LogP contribution in [-0.4, -0.2) is 17.6 Å². The zero-order chi connectivity index (χ0) is 13.2. The van der Waals surface area contributed by atoms with Crippen molar-refractivity contribution in [3.8, 4) is 0 Å². The number of rotatable bonds is 3. The van der Waals surface area contributed by atoms with Crippen molar-refractivity contribution in [3.05, 3.63) is 30.5 Å². The van der Waals surface area contributed by atoms with Gasteiger partial charge < -0.3 is 10.6 Å². The third kappa shape index (κ3) is 2.14.